The van der Waals surface area contributed by atoms with E-state index < -0.39 is 10.8 Å². The van der Waals surface area contributed by atoms with Gasteiger partial charge in [-0.3, -0.25) is 19.7 Å². The van der Waals surface area contributed by atoms with Crippen LogP contribution in [0.3, 0.4) is 0 Å². The van der Waals surface area contributed by atoms with E-state index in [4.69, 9.17) is 0 Å². The highest BCUT2D eigenvalue weighted by Gasteiger charge is 2.23. The molecular weight excluding hydrogens is 342 g/mol. The third-order valence-corrected chi connectivity index (χ3v) is 3.62. The Morgan fingerprint density at radius 3 is 2.57 bits per heavy atom. The van der Waals surface area contributed by atoms with Crippen molar-refractivity contribution in [3.63, 3.8) is 0 Å². The zero-order valence-electron chi connectivity index (χ0n) is 11.8. The van der Waals surface area contributed by atoms with Gasteiger partial charge in [-0.1, -0.05) is 6.07 Å². The molecule has 0 aliphatic carbocycles. The van der Waals surface area contributed by atoms with Gasteiger partial charge in [0.25, 0.3) is 11.6 Å². The summed E-state index contributed by atoms with van der Waals surface area (Å²) in [5.41, 5.74) is -0.0229. The molecule has 0 aromatic heterocycles. The molecule has 0 aliphatic rings. The van der Waals surface area contributed by atoms with Crippen LogP contribution < -0.4 is 5.32 Å². The minimum absolute atomic E-state index is 0.0850. The monoisotopic (exact) mass is 357 g/mol. The Hall–Kier alpha value is -1.96. The van der Waals surface area contributed by atoms with Gasteiger partial charge in [0.05, 0.1) is 17.0 Å². The van der Waals surface area contributed by atoms with Crippen molar-refractivity contribution >= 4 is 33.4 Å². The van der Waals surface area contributed by atoms with Gasteiger partial charge in [-0.05, 0) is 35.8 Å². The van der Waals surface area contributed by atoms with Gasteiger partial charge in [0, 0.05) is 19.2 Å². The predicted octanol–water partition coefficient (Wildman–Crippen LogP) is 1.96. The number of nitro groups is 1. The summed E-state index contributed by atoms with van der Waals surface area (Å²) in [4.78, 5) is 35.6. The first-order valence-corrected chi connectivity index (χ1v) is 7.20. The topological polar surface area (TPSA) is 92.6 Å². The van der Waals surface area contributed by atoms with E-state index in [0.29, 0.717) is 13.1 Å². The molecule has 1 N–H and O–H groups in total. The second kappa shape index (κ2) is 7.72. The summed E-state index contributed by atoms with van der Waals surface area (Å²) < 4.78 is 0.120. The highest BCUT2D eigenvalue weighted by Crippen LogP contribution is 2.29. The van der Waals surface area contributed by atoms with Crippen molar-refractivity contribution in [1.29, 1.82) is 0 Å². The van der Waals surface area contributed by atoms with Gasteiger partial charge < -0.3 is 10.2 Å². The smallest absolute Gasteiger partial charge is 0.284 e. The molecule has 2 amide bonds. The maximum absolute atomic E-state index is 12.4. The highest BCUT2D eigenvalue weighted by atomic mass is 79.9. The average Bonchev–Trinajstić information content (AvgIpc) is 2.44. The maximum Gasteiger partial charge on any atom is 0.284 e. The van der Waals surface area contributed by atoms with Crippen LogP contribution in [0.2, 0.25) is 0 Å². The number of nitrogens with zero attached hydrogens (tertiary/aromatic N) is 2. The van der Waals surface area contributed by atoms with E-state index in [1.807, 2.05) is 0 Å². The summed E-state index contributed by atoms with van der Waals surface area (Å²) >= 11 is 3.09. The van der Waals surface area contributed by atoms with Crippen LogP contribution >= 0.6 is 15.9 Å². The molecule has 114 valence electrons. The molecule has 7 nitrogen and oxygen atoms in total. The fraction of sp³-hybridized carbons (Fsp3) is 0.385. The number of rotatable bonds is 6. The third-order valence-electron chi connectivity index (χ3n) is 2.78. The van der Waals surface area contributed by atoms with Crippen LogP contribution in [-0.4, -0.2) is 41.3 Å². The van der Waals surface area contributed by atoms with Gasteiger partial charge in [-0.25, -0.2) is 0 Å². The van der Waals surface area contributed by atoms with Crippen LogP contribution in [0.4, 0.5) is 5.69 Å². The molecule has 0 radical (unpaired) electrons. The quantitative estimate of drug-likeness (QED) is 0.621. The molecule has 0 aliphatic heterocycles. The number of halogens is 1. The number of carbonyl (C=O) groups excluding carboxylic acids is 2. The molecule has 0 spiro atoms. The summed E-state index contributed by atoms with van der Waals surface area (Å²) in [5.74, 6) is -0.700. The number of carbonyl (C=O) groups is 2. The Bertz CT molecular complexity index is 562. The van der Waals surface area contributed by atoms with Crippen LogP contribution in [-0.2, 0) is 4.79 Å². The maximum atomic E-state index is 12.4. The van der Waals surface area contributed by atoms with Gasteiger partial charge in [-0.2, -0.15) is 0 Å². The lowest BCUT2D eigenvalue weighted by Crippen LogP contribution is -2.40. The number of nitrogens with one attached hydrogen (secondary N) is 1. The Labute approximate surface area is 130 Å². The molecule has 21 heavy (non-hydrogen) atoms. The van der Waals surface area contributed by atoms with Crippen LogP contribution in [0, 0.1) is 10.1 Å². The number of hydrogen-bond donors (Lipinski definition) is 1. The molecule has 1 aromatic carbocycles. The van der Waals surface area contributed by atoms with Crippen molar-refractivity contribution in [3.05, 3.63) is 38.3 Å². The van der Waals surface area contributed by atoms with Crippen molar-refractivity contribution in [3.8, 4) is 0 Å². The number of nitro benzene ring substituents is 1. The number of benzene rings is 1. The molecule has 1 rings (SSSR count). The Balaban J connectivity index is 3.03. The molecule has 8 heteroatoms. The fourth-order valence-electron chi connectivity index (χ4n) is 1.75. The van der Waals surface area contributed by atoms with Crippen LogP contribution in [0.5, 0.6) is 0 Å². The summed E-state index contributed by atoms with van der Waals surface area (Å²) in [6.45, 7) is 4.24. The first-order chi connectivity index (χ1) is 9.92. The van der Waals surface area contributed by atoms with Gasteiger partial charge in [0.15, 0.2) is 0 Å². The summed E-state index contributed by atoms with van der Waals surface area (Å²) in [5, 5.41) is 13.5. The van der Waals surface area contributed by atoms with E-state index in [1.54, 1.807) is 13.8 Å². The Morgan fingerprint density at radius 2 is 2.05 bits per heavy atom. The van der Waals surface area contributed by atoms with Crippen molar-refractivity contribution in [2.24, 2.45) is 0 Å². The van der Waals surface area contributed by atoms with Crippen molar-refractivity contribution < 1.29 is 14.5 Å². The van der Waals surface area contributed by atoms with E-state index in [9.17, 15) is 19.7 Å². The van der Waals surface area contributed by atoms with Crippen LogP contribution in [0.1, 0.15) is 24.2 Å². The van der Waals surface area contributed by atoms with E-state index in [-0.39, 0.29) is 28.2 Å². The first-order valence-electron chi connectivity index (χ1n) is 6.41. The minimum atomic E-state index is -0.569. The lowest BCUT2D eigenvalue weighted by molar-refractivity contribution is -0.385. The van der Waals surface area contributed by atoms with E-state index >= 15 is 0 Å². The van der Waals surface area contributed by atoms with Gasteiger partial charge >= 0.3 is 0 Å². The Kier molecular flexibility index (Phi) is 6.29. The molecule has 0 heterocycles. The molecule has 0 saturated heterocycles. The van der Waals surface area contributed by atoms with Gasteiger partial charge in [0.1, 0.15) is 4.47 Å². The van der Waals surface area contributed by atoms with Crippen molar-refractivity contribution in [1.82, 2.24) is 10.2 Å². The molecule has 0 bridgehead atoms. The van der Waals surface area contributed by atoms with Crippen LogP contribution in [0.15, 0.2) is 22.7 Å². The normalized spacial score (nSPS) is 10.0. The van der Waals surface area contributed by atoms with Gasteiger partial charge in [0.2, 0.25) is 5.91 Å². The lowest BCUT2D eigenvalue weighted by Gasteiger charge is -2.20. The van der Waals surface area contributed by atoms with E-state index in [1.165, 1.54) is 23.1 Å². The Morgan fingerprint density at radius 1 is 1.38 bits per heavy atom. The molecule has 0 saturated carbocycles. The fourth-order valence-corrected chi connectivity index (χ4v) is 2.33. The molecule has 0 fully saturated rings. The molecule has 0 unspecified atom stereocenters. The standard InChI is InChI=1S/C13H16BrN3O4/c1-3-15-11(18)8-16(4-2)13(19)9-6-5-7-10(12(9)14)17(20)21/h5-7H,3-4,8H2,1-2H3,(H,15,18). The second-order valence-electron chi connectivity index (χ2n) is 4.17. The average molecular weight is 358 g/mol. The zero-order valence-corrected chi connectivity index (χ0v) is 13.3. The highest BCUT2D eigenvalue weighted by molar-refractivity contribution is 9.10. The van der Waals surface area contributed by atoms with Crippen molar-refractivity contribution in [2.75, 3.05) is 19.6 Å². The minimum Gasteiger partial charge on any atom is -0.355 e. The largest absolute Gasteiger partial charge is 0.355 e. The van der Waals surface area contributed by atoms with Crippen LogP contribution in [0.25, 0.3) is 0 Å². The summed E-state index contributed by atoms with van der Waals surface area (Å²) in [6, 6.07) is 4.23. The molecule has 0 atom stereocenters. The van der Waals surface area contributed by atoms with Crippen molar-refractivity contribution in [2.45, 2.75) is 13.8 Å². The summed E-state index contributed by atoms with van der Waals surface area (Å²) in [6.07, 6.45) is 0. The SMILES string of the molecule is CCNC(=O)CN(CC)C(=O)c1cccc([N+](=O)[O-])c1Br. The molecule has 1 aromatic rings. The zero-order chi connectivity index (χ0) is 16.0. The first kappa shape index (κ1) is 17.1. The third kappa shape index (κ3) is 4.25. The lowest BCUT2D eigenvalue weighted by atomic mass is 10.1. The second-order valence-corrected chi connectivity index (χ2v) is 4.96. The number of amides is 2. The molecular formula is C13H16BrN3O4. The summed E-state index contributed by atoms with van der Waals surface area (Å²) in [7, 11) is 0. The number of likely N-dealkylation sites (N-methyl/N-ethyl adjacent to an activating group) is 2. The predicted molar refractivity (Wildman–Crippen MR) is 81.1 cm³/mol. The van der Waals surface area contributed by atoms with E-state index in [2.05, 4.69) is 21.2 Å². The number of hydrogen-bond acceptors (Lipinski definition) is 4. The van der Waals surface area contributed by atoms with E-state index in [0.717, 1.165) is 0 Å². The van der Waals surface area contributed by atoms with Gasteiger partial charge in [-0.15, -0.1) is 0 Å².